The molecule has 1 aliphatic rings. The Morgan fingerprint density at radius 3 is 2.76 bits per heavy atom. The number of hydrogen-bond acceptors (Lipinski definition) is 5. The van der Waals surface area contributed by atoms with Crippen molar-refractivity contribution in [2.75, 3.05) is 18.6 Å². The van der Waals surface area contributed by atoms with Gasteiger partial charge in [-0.1, -0.05) is 6.07 Å². The van der Waals surface area contributed by atoms with Crippen LogP contribution in [0, 0.1) is 12.7 Å². The molecule has 0 unspecified atom stereocenters. The Morgan fingerprint density at radius 1 is 1.32 bits per heavy atom. The van der Waals surface area contributed by atoms with Crippen LogP contribution < -0.4 is 0 Å². The van der Waals surface area contributed by atoms with Crippen LogP contribution in [0.4, 0.5) is 4.39 Å². The van der Waals surface area contributed by atoms with E-state index in [2.05, 4.69) is 10.00 Å². The zero-order valence-electron chi connectivity index (χ0n) is 14.3. The van der Waals surface area contributed by atoms with Crippen LogP contribution in [0.1, 0.15) is 28.6 Å². The summed E-state index contributed by atoms with van der Waals surface area (Å²) in [5.41, 5.74) is 3.32. The first-order valence-corrected chi connectivity index (χ1v) is 10.2. The Hall–Kier alpha value is -1.77. The number of fused-ring (bicyclic) bond motifs is 1. The number of benzene rings is 1. The summed E-state index contributed by atoms with van der Waals surface area (Å²) in [6.07, 6.45) is -0.0141. The summed E-state index contributed by atoms with van der Waals surface area (Å²) in [5.74, 6) is -0.565. The lowest BCUT2D eigenvalue weighted by Crippen LogP contribution is -2.33. The maximum Gasteiger partial charge on any atom is 0.150 e. The molecule has 0 radical (unpaired) electrons. The summed E-state index contributed by atoms with van der Waals surface area (Å²) in [6.45, 7) is 4.70. The van der Waals surface area contributed by atoms with Crippen molar-refractivity contribution in [1.82, 2.24) is 14.7 Å². The van der Waals surface area contributed by atoms with Crippen molar-refractivity contribution in [3.63, 3.8) is 0 Å². The van der Waals surface area contributed by atoms with Crippen LogP contribution in [-0.2, 0) is 29.5 Å². The summed E-state index contributed by atoms with van der Waals surface area (Å²) in [7, 11) is -3.27. The summed E-state index contributed by atoms with van der Waals surface area (Å²) in [6, 6.07) is 6.57. The largest absolute Gasteiger partial charge is 0.386 e. The van der Waals surface area contributed by atoms with E-state index in [9.17, 15) is 17.9 Å². The predicted molar refractivity (Wildman–Crippen MR) is 92.1 cm³/mol. The first-order chi connectivity index (χ1) is 11.7. The average molecular weight is 367 g/mol. The van der Waals surface area contributed by atoms with E-state index < -0.39 is 15.9 Å². The first kappa shape index (κ1) is 18.0. The van der Waals surface area contributed by atoms with Crippen molar-refractivity contribution in [3.8, 4) is 0 Å². The normalized spacial score (nSPS) is 16.6. The molecule has 0 saturated carbocycles. The van der Waals surface area contributed by atoms with E-state index in [0.29, 0.717) is 25.3 Å². The molecule has 136 valence electrons. The Bertz CT molecular complexity index is 879. The summed E-state index contributed by atoms with van der Waals surface area (Å²) in [5, 5.41) is 14.4. The fourth-order valence-electron chi connectivity index (χ4n) is 3.09. The van der Waals surface area contributed by atoms with Gasteiger partial charge < -0.3 is 5.11 Å². The number of aryl methyl sites for hydroxylation is 1. The van der Waals surface area contributed by atoms with Crippen molar-refractivity contribution in [3.05, 3.63) is 52.6 Å². The van der Waals surface area contributed by atoms with Crippen LogP contribution in [0.15, 0.2) is 24.3 Å². The van der Waals surface area contributed by atoms with E-state index in [1.54, 1.807) is 12.1 Å². The Labute approximate surface area is 146 Å². The fourth-order valence-corrected chi connectivity index (χ4v) is 3.83. The highest BCUT2D eigenvalue weighted by atomic mass is 32.2. The maximum absolute atomic E-state index is 13.2. The SMILES string of the molecule is Cc1cc(F)ccc1CN1CCn2nc([C@@H](O)CS(C)(=O)=O)cc2C1. The van der Waals surface area contributed by atoms with Crippen molar-refractivity contribution in [2.24, 2.45) is 0 Å². The Morgan fingerprint density at radius 2 is 2.08 bits per heavy atom. The lowest BCUT2D eigenvalue weighted by Gasteiger charge is -2.28. The van der Waals surface area contributed by atoms with E-state index in [1.807, 2.05) is 11.6 Å². The molecule has 2 aromatic rings. The second-order valence-electron chi connectivity index (χ2n) is 6.67. The van der Waals surface area contributed by atoms with Crippen molar-refractivity contribution >= 4 is 9.84 Å². The van der Waals surface area contributed by atoms with Crippen molar-refractivity contribution < 1.29 is 17.9 Å². The zero-order chi connectivity index (χ0) is 18.2. The van der Waals surface area contributed by atoms with Gasteiger partial charge in [-0.25, -0.2) is 12.8 Å². The van der Waals surface area contributed by atoms with E-state index in [-0.39, 0.29) is 11.6 Å². The van der Waals surface area contributed by atoms with Crippen LogP contribution in [0.25, 0.3) is 0 Å². The molecule has 1 aliphatic heterocycles. The molecule has 0 amide bonds. The molecule has 6 nitrogen and oxygen atoms in total. The predicted octanol–water partition coefficient (Wildman–Crippen LogP) is 1.42. The van der Waals surface area contributed by atoms with E-state index in [0.717, 1.165) is 29.6 Å². The van der Waals surface area contributed by atoms with Gasteiger partial charge in [0.2, 0.25) is 0 Å². The third-order valence-corrected chi connectivity index (χ3v) is 5.32. The molecule has 1 aromatic carbocycles. The van der Waals surface area contributed by atoms with E-state index >= 15 is 0 Å². The Kier molecular flexibility index (Phi) is 4.95. The fraction of sp³-hybridized carbons (Fsp3) is 0.471. The van der Waals surface area contributed by atoms with Gasteiger partial charge in [0.05, 0.1) is 23.7 Å². The van der Waals surface area contributed by atoms with Gasteiger partial charge in [0.15, 0.2) is 0 Å². The first-order valence-electron chi connectivity index (χ1n) is 8.11. The second kappa shape index (κ2) is 6.86. The zero-order valence-corrected chi connectivity index (χ0v) is 15.1. The van der Waals surface area contributed by atoms with Gasteiger partial charge in [-0.2, -0.15) is 5.10 Å². The van der Waals surface area contributed by atoms with Crippen molar-refractivity contribution in [1.29, 1.82) is 0 Å². The molecule has 0 saturated heterocycles. The lowest BCUT2D eigenvalue weighted by atomic mass is 10.1. The number of aliphatic hydroxyl groups excluding tert-OH is 1. The minimum Gasteiger partial charge on any atom is -0.386 e. The third-order valence-electron chi connectivity index (χ3n) is 4.40. The molecule has 25 heavy (non-hydrogen) atoms. The molecule has 0 fully saturated rings. The van der Waals surface area contributed by atoms with Crippen LogP contribution in [0.3, 0.4) is 0 Å². The summed E-state index contributed by atoms with van der Waals surface area (Å²) < 4.78 is 37.7. The third kappa shape index (κ3) is 4.45. The number of aliphatic hydroxyl groups is 1. The maximum atomic E-state index is 13.2. The molecule has 3 rings (SSSR count). The number of nitrogens with zero attached hydrogens (tertiary/aromatic N) is 3. The second-order valence-corrected chi connectivity index (χ2v) is 8.86. The smallest absolute Gasteiger partial charge is 0.150 e. The van der Waals surface area contributed by atoms with Gasteiger partial charge >= 0.3 is 0 Å². The molecule has 1 N–H and O–H groups in total. The highest BCUT2D eigenvalue weighted by molar-refractivity contribution is 7.90. The average Bonchev–Trinajstić information content (AvgIpc) is 2.92. The van der Waals surface area contributed by atoms with Crippen LogP contribution >= 0.6 is 0 Å². The van der Waals surface area contributed by atoms with Gasteiger partial charge in [-0.15, -0.1) is 0 Å². The van der Waals surface area contributed by atoms with Gasteiger partial charge in [-0.05, 0) is 36.2 Å². The minimum absolute atomic E-state index is 0.234. The van der Waals surface area contributed by atoms with Gasteiger partial charge in [0, 0.05) is 25.9 Å². The quantitative estimate of drug-likeness (QED) is 0.865. The summed E-state index contributed by atoms with van der Waals surface area (Å²) in [4.78, 5) is 2.23. The highest BCUT2D eigenvalue weighted by Gasteiger charge is 2.23. The highest BCUT2D eigenvalue weighted by Crippen LogP contribution is 2.21. The van der Waals surface area contributed by atoms with Gasteiger partial charge in [0.25, 0.3) is 0 Å². The standard InChI is InChI=1S/C17H22FN3O3S/c1-12-7-14(18)4-3-13(12)9-20-5-6-21-15(10-20)8-16(19-21)17(22)11-25(2,23)24/h3-4,7-8,17,22H,5-6,9-11H2,1-2H3/t17-/m0/s1. The molecule has 0 aliphatic carbocycles. The van der Waals surface area contributed by atoms with Crippen LogP contribution in [0.5, 0.6) is 0 Å². The molecular formula is C17H22FN3O3S. The molecule has 8 heteroatoms. The summed E-state index contributed by atoms with van der Waals surface area (Å²) >= 11 is 0. The molecule has 1 aromatic heterocycles. The molecule has 1 atom stereocenters. The molecule has 0 spiro atoms. The number of hydrogen-bond donors (Lipinski definition) is 1. The molecular weight excluding hydrogens is 345 g/mol. The Balaban J connectivity index is 1.71. The van der Waals surface area contributed by atoms with Crippen LogP contribution in [0.2, 0.25) is 0 Å². The number of sulfone groups is 1. The number of aromatic nitrogens is 2. The van der Waals surface area contributed by atoms with E-state index in [1.165, 1.54) is 12.1 Å². The van der Waals surface area contributed by atoms with Gasteiger partial charge in [-0.3, -0.25) is 9.58 Å². The topological polar surface area (TPSA) is 75.4 Å². The van der Waals surface area contributed by atoms with Crippen LogP contribution in [-0.4, -0.2) is 46.8 Å². The lowest BCUT2D eigenvalue weighted by molar-refractivity contribution is 0.191. The molecule has 0 bridgehead atoms. The number of rotatable bonds is 5. The van der Waals surface area contributed by atoms with Gasteiger partial charge in [0.1, 0.15) is 21.8 Å². The minimum atomic E-state index is -3.27. The number of halogens is 1. The van der Waals surface area contributed by atoms with Crippen molar-refractivity contribution in [2.45, 2.75) is 32.7 Å². The van der Waals surface area contributed by atoms with E-state index in [4.69, 9.17) is 0 Å². The molecule has 2 heterocycles. The monoisotopic (exact) mass is 367 g/mol.